The highest BCUT2D eigenvalue weighted by molar-refractivity contribution is 7.20. The van der Waals surface area contributed by atoms with Crippen LogP contribution in [0.15, 0.2) is 47.2 Å². The number of aromatic hydroxyl groups is 1. The Morgan fingerprint density at radius 2 is 1.54 bits per heavy atom. The predicted octanol–water partition coefficient (Wildman–Crippen LogP) is 5.04. The highest BCUT2D eigenvalue weighted by Crippen LogP contribution is 2.38. The molecule has 8 heteroatoms. The van der Waals surface area contributed by atoms with Gasteiger partial charge in [-0.15, -0.1) is 22.7 Å². The fraction of sp³-hybridized carbons (Fsp3) is 0.100. The Bertz CT molecular complexity index is 1170. The molecule has 28 heavy (non-hydrogen) atoms. The Kier molecular flexibility index (Phi) is 4.14. The van der Waals surface area contributed by atoms with E-state index < -0.39 is 0 Å². The van der Waals surface area contributed by atoms with Gasteiger partial charge >= 0.3 is 0 Å². The molecule has 0 atom stereocenters. The Balaban J connectivity index is 1.43. The summed E-state index contributed by atoms with van der Waals surface area (Å²) in [7, 11) is 1.52. The summed E-state index contributed by atoms with van der Waals surface area (Å²) < 4.78 is 15.9. The zero-order valence-corrected chi connectivity index (χ0v) is 16.3. The summed E-state index contributed by atoms with van der Waals surface area (Å²) in [5, 5.41) is 15.6. The lowest BCUT2D eigenvalue weighted by Crippen LogP contribution is -1.92. The number of benzene rings is 2. The highest BCUT2D eigenvalue weighted by atomic mass is 32.1. The van der Waals surface area contributed by atoms with E-state index in [-0.39, 0.29) is 12.5 Å². The van der Waals surface area contributed by atoms with Crippen LogP contribution in [0.3, 0.4) is 0 Å². The molecule has 0 amide bonds. The van der Waals surface area contributed by atoms with Crippen molar-refractivity contribution in [3.8, 4) is 55.5 Å². The van der Waals surface area contributed by atoms with Crippen LogP contribution in [0.1, 0.15) is 0 Å². The fourth-order valence-corrected chi connectivity index (χ4v) is 4.62. The lowest BCUT2D eigenvalue weighted by atomic mass is 10.1. The molecule has 2 aromatic heterocycles. The second kappa shape index (κ2) is 6.81. The minimum absolute atomic E-state index is 0.0916. The first-order valence-corrected chi connectivity index (χ1v) is 10.2. The zero-order chi connectivity index (χ0) is 19.1. The van der Waals surface area contributed by atoms with Gasteiger partial charge in [-0.2, -0.15) is 0 Å². The van der Waals surface area contributed by atoms with Crippen molar-refractivity contribution in [1.82, 2.24) is 9.97 Å². The maximum absolute atomic E-state index is 9.99. The number of hydrogen-bond donors (Lipinski definition) is 1. The number of methoxy groups -OCH3 is 1. The van der Waals surface area contributed by atoms with E-state index in [1.54, 1.807) is 23.5 Å². The number of thiazole rings is 2. The largest absolute Gasteiger partial charge is 0.504 e. The van der Waals surface area contributed by atoms with Crippen molar-refractivity contribution in [2.45, 2.75) is 0 Å². The van der Waals surface area contributed by atoms with Crippen LogP contribution in [-0.4, -0.2) is 29.0 Å². The molecule has 0 saturated heterocycles. The number of hydrogen-bond acceptors (Lipinski definition) is 8. The second-order valence-electron chi connectivity index (χ2n) is 6.03. The zero-order valence-electron chi connectivity index (χ0n) is 14.7. The average Bonchev–Trinajstić information content (AvgIpc) is 3.46. The van der Waals surface area contributed by atoms with Gasteiger partial charge in [-0.3, -0.25) is 0 Å². The molecule has 0 saturated carbocycles. The Labute approximate surface area is 168 Å². The van der Waals surface area contributed by atoms with Crippen LogP contribution in [-0.2, 0) is 0 Å². The molecule has 5 rings (SSSR count). The van der Waals surface area contributed by atoms with Gasteiger partial charge in [-0.05, 0) is 36.4 Å². The van der Waals surface area contributed by atoms with Crippen LogP contribution in [0.25, 0.3) is 32.5 Å². The Morgan fingerprint density at radius 3 is 2.21 bits per heavy atom. The van der Waals surface area contributed by atoms with Crippen LogP contribution >= 0.6 is 22.7 Å². The predicted molar refractivity (Wildman–Crippen MR) is 108 cm³/mol. The first-order valence-electron chi connectivity index (χ1n) is 8.40. The Hall–Kier alpha value is -3.10. The Morgan fingerprint density at radius 1 is 0.893 bits per heavy atom. The first-order chi connectivity index (χ1) is 13.7. The smallest absolute Gasteiger partial charge is 0.231 e. The number of phenols is 1. The van der Waals surface area contributed by atoms with E-state index in [0.29, 0.717) is 5.75 Å². The number of aromatic nitrogens is 2. The van der Waals surface area contributed by atoms with Crippen molar-refractivity contribution in [1.29, 1.82) is 0 Å². The van der Waals surface area contributed by atoms with Gasteiger partial charge in [0.05, 0.1) is 18.5 Å². The summed E-state index contributed by atoms with van der Waals surface area (Å²) in [4.78, 5) is 9.41. The maximum atomic E-state index is 9.99. The summed E-state index contributed by atoms with van der Waals surface area (Å²) in [6.07, 6.45) is 0. The molecule has 6 nitrogen and oxygen atoms in total. The van der Waals surface area contributed by atoms with Crippen molar-refractivity contribution < 1.29 is 19.3 Å². The molecule has 1 N–H and O–H groups in total. The number of rotatable bonds is 4. The number of phenolic OH excluding ortho intramolecular Hbond substituents is 1. The third-order valence-corrected chi connectivity index (χ3v) is 6.16. The molecule has 0 aliphatic carbocycles. The van der Waals surface area contributed by atoms with Crippen LogP contribution < -0.4 is 14.2 Å². The van der Waals surface area contributed by atoms with E-state index >= 15 is 0 Å². The normalized spacial score (nSPS) is 12.3. The quantitative estimate of drug-likeness (QED) is 0.508. The molecule has 0 spiro atoms. The van der Waals surface area contributed by atoms with Gasteiger partial charge in [-0.1, -0.05) is 0 Å². The lowest BCUT2D eigenvalue weighted by molar-refractivity contribution is 0.174. The van der Waals surface area contributed by atoms with Gasteiger partial charge in [-0.25, -0.2) is 9.97 Å². The third kappa shape index (κ3) is 2.96. The molecular weight excluding hydrogens is 396 g/mol. The van der Waals surface area contributed by atoms with Gasteiger partial charge in [0.2, 0.25) is 6.79 Å². The first kappa shape index (κ1) is 17.0. The minimum Gasteiger partial charge on any atom is -0.504 e. The number of fused-ring (bicyclic) bond motifs is 1. The maximum Gasteiger partial charge on any atom is 0.231 e. The molecule has 3 heterocycles. The standard InChI is InChI=1S/C20H14N2O4S2/c1-24-16-4-2-11(6-15(16)23)13-8-27-19(21-13)20-22-14(9-28-20)12-3-5-17-18(7-12)26-10-25-17/h2-9,23H,10H2,1H3. The summed E-state index contributed by atoms with van der Waals surface area (Å²) in [5.41, 5.74) is 3.46. The van der Waals surface area contributed by atoms with Gasteiger partial charge < -0.3 is 19.3 Å². The molecule has 0 fully saturated rings. The van der Waals surface area contributed by atoms with Crippen molar-refractivity contribution in [3.63, 3.8) is 0 Å². The molecule has 1 aliphatic heterocycles. The van der Waals surface area contributed by atoms with Crippen LogP contribution in [0.4, 0.5) is 0 Å². The summed E-state index contributed by atoms with van der Waals surface area (Å²) >= 11 is 3.07. The van der Waals surface area contributed by atoms with Crippen molar-refractivity contribution >= 4 is 22.7 Å². The van der Waals surface area contributed by atoms with Crippen molar-refractivity contribution in [2.75, 3.05) is 13.9 Å². The van der Waals surface area contributed by atoms with Crippen LogP contribution in [0.2, 0.25) is 0 Å². The topological polar surface area (TPSA) is 73.7 Å². The van der Waals surface area contributed by atoms with Gasteiger partial charge in [0.1, 0.15) is 0 Å². The van der Waals surface area contributed by atoms with Gasteiger partial charge in [0.25, 0.3) is 0 Å². The molecule has 2 aromatic carbocycles. The highest BCUT2D eigenvalue weighted by Gasteiger charge is 2.16. The SMILES string of the molecule is COc1ccc(-c2csc(-c3nc(-c4ccc5c(c4)OCO5)cs3)n2)cc1O. The molecule has 140 valence electrons. The van der Waals surface area contributed by atoms with Crippen LogP contribution in [0.5, 0.6) is 23.0 Å². The second-order valence-corrected chi connectivity index (χ2v) is 7.75. The molecular formula is C20H14N2O4S2. The van der Waals surface area contributed by atoms with E-state index in [0.717, 1.165) is 44.0 Å². The van der Waals surface area contributed by atoms with Gasteiger partial charge in [0, 0.05) is 21.9 Å². The molecule has 0 radical (unpaired) electrons. The summed E-state index contributed by atoms with van der Waals surface area (Å²) in [6, 6.07) is 11.1. The summed E-state index contributed by atoms with van der Waals surface area (Å²) in [6.45, 7) is 0.254. The fourth-order valence-electron chi connectivity index (χ4n) is 2.91. The lowest BCUT2D eigenvalue weighted by Gasteiger charge is -2.04. The summed E-state index contributed by atoms with van der Waals surface area (Å²) in [5.74, 6) is 2.02. The van der Waals surface area contributed by atoms with Gasteiger partial charge in [0.15, 0.2) is 33.0 Å². The van der Waals surface area contributed by atoms with Crippen molar-refractivity contribution in [2.24, 2.45) is 0 Å². The van der Waals surface area contributed by atoms with E-state index in [4.69, 9.17) is 19.2 Å². The van der Waals surface area contributed by atoms with Crippen molar-refractivity contribution in [3.05, 3.63) is 47.2 Å². The van der Waals surface area contributed by atoms with E-state index in [1.165, 1.54) is 18.4 Å². The van der Waals surface area contributed by atoms with Crippen LogP contribution in [0, 0.1) is 0 Å². The number of nitrogens with zero attached hydrogens (tertiary/aromatic N) is 2. The average molecular weight is 410 g/mol. The van der Waals surface area contributed by atoms with E-state index in [1.807, 2.05) is 35.0 Å². The molecule has 0 unspecified atom stereocenters. The minimum atomic E-state index is 0.0916. The monoisotopic (exact) mass is 410 g/mol. The molecule has 4 aromatic rings. The molecule has 0 bridgehead atoms. The van der Waals surface area contributed by atoms with E-state index in [2.05, 4.69) is 4.98 Å². The molecule has 1 aliphatic rings. The van der Waals surface area contributed by atoms with E-state index in [9.17, 15) is 5.11 Å². The third-order valence-electron chi connectivity index (χ3n) is 4.33. The number of ether oxygens (including phenoxy) is 3.